The third-order valence-electron chi connectivity index (χ3n) is 4.55. The Morgan fingerprint density at radius 1 is 1.36 bits per heavy atom. The number of benzene rings is 1. The van der Waals surface area contributed by atoms with E-state index in [9.17, 15) is 23.9 Å². The Balaban J connectivity index is 1.79. The van der Waals surface area contributed by atoms with E-state index < -0.39 is 23.7 Å². The highest BCUT2D eigenvalue weighted by Gasteiger charge is 2.32. The molecule has 134 valence electrons. The maximum Gasteiger partial charge on any atom is 0.326 e. The van der Waals surface area contributed by atoms with E-state index in [1.165, 1.54) is 6.07 Å². The SMILES string of the molecule is O=C1CCc2cc(C(=O)NC(C(=O)O)C3CCCOC3)c(F)cc2N1. The Hall–Kier alpha value is -2.48. The monoisotopic (exact) mass is 350 g/mol. The van der Waals surface area contributed by atoms with E-state index in [2.05, 4.69) is 10.6 Å². The van der Waals surface area contributed by atoms with Crippen molar-refractivity contribution in [2.75, 3.05) is 18.5 Å². The van der Waals surface area contributed by atoms with Crippen LogP contribution in [0.15, 0.2) is 12.1 Å². The molecule has 0 radical (unpaired) electrons. The second kappa shape index (κ2) is 7.18. The van der Waals surface area contributed by atoms with Gasteiger partial charge in [-0.2, -0.15) is 0 Å². The number of rotatable bonds is 4. The number of carboxylic acids is 1. The van der Waals surface area contributed by atoms with E-state index in [1.54, 1.807) is 0 Å². The minimum Gasteiger partial charge on any atom is -0.480 e. The van der Waals surface area contributed by atoms with E-state index in [4.69, 9.17) is 4.74 Å². The van der Waals surface area contributed by atoms with Crippen molar-refractivity contribution < 1.29 is 28.6 Å². The van der Waals surface area contributed by atoms with Crippen molar-refractivity contribution in [2.45, 2.75) is 31.7 Å². The molecular formula is C17H19FN2O5. The maximum atomic E-state index is 14.3. The Labute approximate surface area is 143 Å². The maximum absolute atomic E-state index is 14.3. The fourth-order valence-corrected chi connectivity index (χ4v) is 3.20. The standard InChI is InChI=1S/C17H19FN2O5/c18-12-7-13-9(3-4-14(21)19-13)6-11(12)16(22)20-15(17(23)24)10-2-1-5-25-8-10/h6-7,10,15H,1-5,8H2,(H,19,21)(H,20,22)(H,23,24). The first kappa shape index (κ1) is 17.3. The van der Waals surface area contributed by atoms with Crippen LogP contribution in [0, 0.1) is 11.7 Å². The largest absolute Gasteiger partial charge is 0.480 e. The number of fused-ring (bicyclic) bond motifs is 1. The quantitative estimate of drug-likeness (QED) is 0.760. The molecule has 1 fully saturated rings. The second-order valence-electron chi connectivity index (χ2n) is 6.30. The van der Waals surface area contributed by atoms with Crippen LogP contribution in [0.25, 0.3) is 0 Å². The number of nitrogens with one attached hydrogen (secondary N) is 2. The van der Waals surface area contributed by atoms with Crippen molar-refractivity contribution >= 4 is 23.5 Å². The molecule has 1 saturated heterocycles. The van der Waals surface area contributed by atoms with Crippen LogP contribution in [0.3, 0.4) is 0 Å². The molecule has 0 bridgehead atoms. The lowest BCUT2D eigenvalue weighted by Crippen LogP contribution is -2.48. The van der Waals surface area contributed by atoms with Crippen molar-refractivity contribution in [1.82, 2.24) is 5.32 Å². The van der Waals surface area contributed by atoms with Gasteiger partial charge < -0.3 is 20.5 Å². The summed E-state index contributed by atoms with van der Waals surface area (Å²) in [5.41, 5.74) is 0.776. The number of hydrogen-bond acceptors (Lipinski definition) is 4. The van der Waals surface area contributed by atoms with Crippen LogP contribution >= 0.6 is 0 Å². The fraction of sp³-hybridized carbons (Fsp3) is 0.471. The minimum absolute atomic E-state index is 0.202. The topological polar surface area (TPSA) is 105 Å². The van der Waals surface area contributed by atoms with Crippen LogP contribution in [-0.4, -0.2) is 42.1 Å². The number of hydrogen-bond donors (Lipinski definition) is 3. The first-order valence-electron chi connectivity index (χ1n) is 8.19. The summed E-state index contributed by atoms with van der Waals surface area (Å²) in [4.78, 5) is 35.3. The van der Waals surface area contributed by atoms with Gasteiger partial charge in [0.2, 0.25) is 5.91 Å². The molecule has 2 atom stereocenters. The normalized spacial score (nSPS) is 21.0. The van der Waals surface area contributed by atoms with Gasteiger partial charge in [0.1, 0.15) is 11.9 Å². The molecule has 2 heterocycles. The molecule has 7 nitrogen and oxygen atoms in total. The summed E-state index contributed by atoms with van der Waals surface area (Å²) in [5.74, 6) is -3.31. The van der Waals surface area contributed by atoms with E-state index in [-0.39, 0.29) is 30.4 Å². The molecule has 0 spiro atoms. The number of carboxylic acid groups (broad SMARTS) is 1. The third kappa shape index (κ3) is 3.79. The molecule has 0 saturated carbocycles. The van der Waals surface area contributed by atoms with Crippen LogP contribution in [0.4, 0.5) is 10.1 Å². The van der Waals surface area contributed by atoms with Crippen LogP contribution in [-0.2, 0) is 20.7 Å². The van der Waals surface area contributed by atoms with Gasteiger partial charge in [-0.3, -0.25) is 9.59 Å². The lowest BCUT2D eigenvalue weighted by molar-refractivity contribution is -0.142. The minimum atomic E-state index is -1.17. The zero-order valence-corrected chi connectivity index (χ0v) is 13.5. The van der Waals surface area contributed by atoms with Crippen molar-refractivity contribution in [3.05, 3.63) is 29.1 Å². The van der Waals surface area contributed by atoms with Crippen LogP contribution in [0.1, 0.15) is 35.2 Å². The van der Waals surface area contributed by atoms with Crippen LogP contribution < -0.4 is 10.6 Å². The molecule has 8 heteroatoms. The smallest absolute Gasteiger partial charge is 0.326 e. The number of carbonyl (C=O) groups excluding carboxylic acids is 2. The first-order valence-corrected chi connectivity index (χ1v) is 8.19. The predicted molar refractivity (Wildman–Crippen MR) is 85.8 cm³/mol. The summed E-state index contributed by atoms with van der Waals surface area (Å²) < 4.78 is 19.5. The molecular weight excluding hydrogens is 331 g/mol. The molecule has 0 aliphatic carbocycles. The first-order chi connectivity index (χ1) is 12.0. The predicted octanol–water partition coefficient (Wildman–Crippen LogP) is 1.32. The highest BCUT2D eigenvalue weighted by Crippen LogP contribution is 2.26. The molecule has 2 unspecified atom stereocenters. The molecule has 3 N–H and O–H groups in total. The second-order valence-corrected chi connectivity index (χ2v) is 6.30. The van der Waals surface area contributed by atoms with Crippen molar-refractivity contribution in [3.8, 4) is 0 Å². The van der Waals surface area contributed by atoms with Gasteiger partial charge in [0.15, 0.2) is 0 Å². The Kier molecular flexibility index (Phi) is 4.98. The molecule has 1 aromatic rings. The molecule has 25 heavy (non-hydrogen) atoms. The number of halogens is 1. The Bertz CT molecular complexity index is 715. The number of aliphatic carboxylic acids is 1. The molecule has 2 aliphatic heterocycles. The third-order valence-corrected chi connectivity index (χ3v) is 4.55. The zero-order valence-electron chi connectivity index (χ0n) is 13.5. The molecule has 3 rings (SSSR count). The van der Waals surface area contributed by atoms with Crippen molar-refractivity contribution in [3.63, 3.8) is 0 Å². The fourth-order valence-electron chi connectivity index (χ4n) is 3.20. The Morgan fingerprint density at radius 2 is 2.16 bits per heavy atom. The number of anilines is 1. The summed E-state index contributed by atoms with van der Waals surface area (Å²) in [7, 11) is 0. The summed E-state index contributed by atoms with van der Waals surface area (Å²) in [5, 5.41) is 14.4. The number of ether oxygens (including phenoxy) is 1. The van der Waals surface area contributed by atoms with Gasteiger partial charge in [0, 0.05) is 24.6 Å². The molecule has 1 aromatic carbocycles. The number of amides is 2. The molecule has 2 amide bonds. The lowest BCUT2D eigenvalue weighted by Gasteiger charge is -2.28. The van der Waals surface area contributed by atoms with E-state index in [0.717, 1.165) is 12.5 Å². The highest BCUT2D eigenvalue weighted by atomic mass is 19.1. The molecule has 0 aromatic heterocycles. The average Bonchev–Trinajstić information content (AvgIpc) is 2.59. The van der Waals surface area contributed by atoms with Crippen LogP contribution in [0.2, 0.25) is 0 Å². The van der Waals surface area contributed by atoms with Gasteiger partial charge in [-0.15, -0.1) is 0 Å². The van der Waals surface area contributed by atoms with Gasteiger partial charge in [-0.1, -0.05) is 0 Å². The summed E-state index contributed by atoms with van der Waals surface area (Å²) in [6, 6.07) is 1.33. The van der Waals surface area contributed by atoms with Gasteiger partial charge in [0.05, 0.1) is 12.2 Å². The van der Waals surface area contributed by atoms with Gasteiger partial charge in [-0.05, 0) is 37.0 Å². The summed E-state index contributed by atoms with van der Waals surface area (Å²) >= 11 is 0. The summed E-state index contributed by atoms with van der Waals surface area (Å²) in [6.45, 7) is 0.817. The number of carbonyl (C=O) groups is 3. The van der Waals surface area contributed by atoms with E-state index in [0.29, 0.717) is 30.7 Å². The van der Waals surface area contributed by atoms with Crippen molar-refractivity contribution in [1.29, 1.82) is 0 Å². The van der Waals surface area contributed by atoms with Crippen molar-refractivity contribution in [2.24, 2.45) is 5.92 Å². The van der Waals surface area contributed by atoms with Gasteiger partial charge >= 0.3 is 5.97 Å². The van der Waals surface area contributed by atoms with Gasteiger partial charge in [-0.25, -0.2) is 9.18 Å². The average molecular weight is 350 g/mol. The Morgan fingerprint density at radius 3 is 2.84 bits per heavy atom. The number of aryl methyl sites for hydroxylation is 1. The van der Waals surface area contributed by atoms with Crippen LogP contribution in [0.5, 0.6) is 0 Å². The van der Waals surface area contributed by atoms with E-state index in [1.807, 2.05) is 0 Å². The van der Waals surface area contributed by atoms with E-state index >= 15 is 0 Å². The lowest BCUT2D eigenvalue weighted by atomic mass is 9.93. The zero-order chi connectivity index (χ0) is 18.0. The molecule has 2 aliphatic rings. The van der Waals surface area contributed by atoms with Gasteiger partial charge in [0.25, 0.3) is 5.91 Å². The highest BCUT2D eigenvalue weighted by molar-refractivity contribution is 5.99. The summed E-state index contributed by atoms with van der Waals surface area (Å²) in [6.07, 6.45) is 2.00.